The average molecular weight is 448 g/mol. The molecule has 0 aliphatic heterocycles. The third-order valence-corrected chi connectivity index (χ3v) is 4.92. The normalized spacial score (nSPS) is 13.7. The minimum Gasteiger partial charge on any atom is -0.322 e. The van der Waals surface area contributed by atoms with Gasteiger partial charge in [0.25, 0.3) is 5.91 Å². The molecule has 1 aliphatic carbocycles. The maximum atomic E-state index is 13.6. The second-order valence-electron chi connectivity index (χ2n) is 5.98. The number of nitrogens with one attached hydrogen (secondary N) is 2. The quantitative estimate of drug-likeness (QED) is 0.584. The molecule has 1 aromatic heterocycles. The van der Waals surface area contributed by atoms with E-state index >= 15 is 0 Å². The van der Waals surface area contributed by atoms with Gasteiger partial charge in [-0.1, -0.05) is 0 Å². The number of hydrogen-bond acceptors (Lipinski definition) is 3. The van der Waals surface area contributed by atoms with E-state index in [4.69, 9.17) is 0 Å². The summed E-state index contributed by atoms with van der Waals surface area (Å²) in [6.07, 6.45) is 2.33. The molecule has 1 saturated carbocycles. The summed E-state index contributed by atoms with van der Waals surface area (Å²) in [6.45, 7) is 0. The Kier molecular flexibility index (Phi) is 4.24. The molecule has 25 heavy (non-hydrogen) atoms. The highest BCUT2D eigenvalue weighted by Gasteiger charge is 2.27. The third kappa shape index (κ3) is 3.55. The minimum atomic E-state index is -0.403. The van der Waals surface area contributed by atoms with E-state index in [1.54, 1.807) is 24.3 Å². The summed E-state index contributed by atoms with van der Waals surface area (Å²) in [6, 6.07) is 11.7. The highest BCUT2D eigenvalue weighted by Crippen LogP contribution is 2.38. The average Bonchev–Trinajstić information content (AvgIpc) is 3.35. The number of anilines is 1. The van der Waals surface area contributed by atoms with Gasteiger partial charge in [-0.25, -0.2) is 9.37 Å². The zero-order chi connectivity index (χ0) is 17.4. The molecule has 1 fully saturated rings. The van der Waals surface area contributed by atoms with E-state index in [-0.39, 0.29) is 11.5 Å². The summed E-state index contributed by atoms with van der Waals surface area (Å²) in [5.41, 5.74) is 1.79. The summed E-state index contributed by atoms with van der Waals surface area (Å²) < 4.78 is 14.1. The van der Waals surface area contributed by atoms with Crippen molar-refractivity contribution in [3.8, 4) is 11.4 Å². The van der Waals surface area contributed by atoms with E-state index in [2.05, 4.69) is 20.5 Å². The maximum absolute atomic E-state index is 13.6. The molecule has 0 unspecified atom stereocenters. The van der Waals surface area contributed by atoms with Crippen molar-refractivity contribution in [1.82, 2.24) is 15.2 Å². The molecular weight excluding hydrogens is 434 g/mol. The van der Waals surface area contributed by atoms with Crippen molar-refractivity contribution >= 4 is 34.2 Å². The van der Waals surface area contributed by atoms with Crippen molar-refractivity contribution in [1.29, 1.82) is 0 Å². The predicted octanol–water partition coefficient (Wildman–Crippen LogP) is 4.35. The molecule has 1 heterocycles. The SMILES string of the molecule is O=C(Nc1ccc(-c2n[nH]c(C3CC3)n2)cc1)c1ccc(I)c(F)c1. The number of carbonyl (C=O) groups is 1. The smallest absolute Gasteiger partial charge is 0.255 e. The van der Waals surface area contributed by atoms with Crippen LogP contribution in [0.3, 0.4) is 0 Å². The van der Waals surface area contributed by atoms with Gasteiger partial charge in [0.2, 0.25) is 0 Å². The van der Waals surface area contributed by atoms with Crippen LogP contribution < -0.4 is 5.32 Å². The molecule has 0 atom stereocenters. The van der Waals surface area contributed by atoms with Crippen LogP contribution in [0.4, 0.5) is 10.1 Å². The van der Waals surface area contributed by atoms with E-state index in [0.717, 1.165) is 11.4 Å². The Labute approximate surface area is 157 Å². The lowest BCUT2D eigenvalue weighted by Crippen LogP contribution is -2.12. The summed E-state index contributed by atoms with van der Waals surface area (Å²) in [7, 11) is 0. The molecule has 7 heteroatoms. The maximum Gasteiger partial charge on any atom is 0.255 e. The number of benzene rings is 2. The molecule has 1 aliphatic rings. The Morgan fingerprint density at radius 3 is 2.64 bits per heavy atom. The van der Waals surface area contributed by atoms with Gasteiger partial charge in [0.1, 0.15) is 11.6 Å². The van der Waals surface area contributed by atoms with Crippen LogP contribution in [0.15, 0.2) is 42.5 Å². The first-order valence-corrected chi connectivity index (χ1v) is 8.97. The molecule has 4 rings (SSSR count). The van der Waals surface area contributed by atoms with E-state index < -0.39 is 5.82 Å². The standard InChI is InChI=1S/C18H14FIN4O/c19-14-9-12(5-8-15(14)20)18(25)21-13-6-3-11(4-7-13)17-22-16(23-24-17)10-1-2-10/h3-10H,1-2H2,(H,21,25)(H,22,23,24). The number of amides is 1. The molecule has 0 spiro atoms. The number of carbonyl (C=O) groups excluding carboxylic acids is 1. The Morgan fingerprint density at radius 1 is 1.20 bits per heavy atom. The van der Waals surface area contributed by atoms with Gasteiger partial charge in [-0.05, 0) is 77.9 Å². The van der Waals surface area contributed by atoms with Crippen LogP contribution in [-0.4, -0.2) is 21.1 Å². The lowest BCUT2D eigenvalue weighted by Gasteiger charge is -2.06. The summed E-state index contributed by atoms with van der Waals surface area (Å²) >= 11 is 1.89. The van der Waals surface area contributed by atoms with Gasteiger partial charge in [0.15, 0.2) is 5.82 Å². The van der Waals surface area contributed by atoms with Crippen molar-refractivity contribution < 1.29 is 9.18 Å². The first kappa shape index (κ1) is 16.2. The second-order valence-corrected chi connectivity index (χ2v) is 7.14. The summed E-state index contributed by atoms with van der Waals surface area (Å²) in [5.74, 6) is 1.36. The molecule has 0 bridgehead atoms. The molecule has 0 saturated heterocycles. The van der Waals surface area contributed by atoms with E-state index in [0.29, 0.717) is 21.0 Å². The highest BCUT2D eigenvalue weighted by atomic mass is 127. The van der Waals surface area contributed by atoms with Gasteiger partial charge in [-0.3, -0.25) is 9.89 Å². The van der Waals surface area contributed by atoms with Gasteiger partial charge >= 0.3 is 0 Å². The Bertz CT molecular complexity index is 935. The fourth-order valence-electron chi connectivity index (χ4n) is 2.49. The van der Waals surface area contributed by atoms with Crippen LogP contribution in [0.1, 0.15) is 34.9 Å². The van der Waals surface area contributed by atoms with Crippen molar-refractivity contribution in [3.05, 3.63) is 63.2 Å². The van der Waals surface area contributed by atoms with Crippen molar-refractivity contribution in [2.24, 2.45) is 0 Å². The largest absolute Gasteiger partial charge is 0.322 e. The van der Waals surface area contributed by atoms with Crippen molar-refractivity contribution in [2.45, 2.75) is 18.8 Å². The first-order chi connectivity index (χ1) is 12.1. The van der Waals surface area contributed by atoms with Crippen LogP contribution >= 0.6 is 22.6 Å². The van der Waals surface area contributed by atoms with E-state index in [9.17, 15) is 9.18 Å². The Morgan fingerprint density at radius 2 is 1.96 bits per heavy atom. The molecule has 1 amide bonds. The molecule has 5 nitrogen and oxygen atoms in total. The van der Waals surface area contributed by atoms with E-state index in [1.165, 1.54) is 18.9 Å². The van der Waals surface area contributed by atoms with Crippen molar-refractivity contribution in [3.63, 3.8) is 0 Å². The number of rotatable bonds is 4. The van der Waals surface area contributed by atoms with E-state index in [1.807, 2.05) is 34.7 Å². The Hall–Kier alpha value is -2.29. The van der Waals surface area contributed by atoms with Gasteiger partial charge in [-0.15, -0.1) is 0 Å². The number of nitrogens with zero attached hydrogens (tertiary/aromatic N) is 2. The number of hydrogen-bond donors (Lipinski definition) is 2. The van der Waals surface area contributed by atoms with Crippen LogP contribution in [0, 0.1) is 9.39 Å². The third-order valence-electron chi connectivity index (χ3n) is 4.05. The van der Waals surface area contributed by atoms with Crippen LogP contribution in [0.25, 0.3) is 11.4 Å². The predicted molar refractivity (Wildman–Crippen MR) is 101 cm³/mol. The first-order valence-electron chi connectivity index (χ1n) is 7.89. The molecular formula is C18H14FIN4O. The second kappa shape index (κ2) is 6.55. The minimum absolute atomic E-state index is 0.282. The number of H-pyrrole nitrogens is 1. The zero-order valence-electron chi connectivity index (χ0n) is 13.1. The highest BCUT2D eigenvalue weighted by molar-refractivity contribution is 14.1. The van der Waals surface area contributed by atoms with Gasteiger partial charge < -0.3 is 5.32 Å². The molecule has 0 radical (unpaired) electrons. The van der Waals surface area contributed by atoms with Crippen LogP contribution in [-0.2, 0) is 0 Å². The summed E-state index contributed by atoms with van der Waals surface area (Å²) in [4.78, 5) is 16.7. The van der Waals surface area contributed by atoms with Gasteiger partial charge in [0.05, 0.1) is 0 Å². The summed E-state index contributed by atoms with van der Waals surface area (Å²) in [5, 5.41) is 9.98. The Balaban J connectivity index is 1.47. The molecule has 3 aromatic rings. The van der Waals surface area contributed by atoms with Crippen LogP contribution in [0.5, 0.6) is 0 Å². The topological polar surface area (TPSA) is 70.7 Å². The van der Waals surface area contributed by atoms with Crippen molar-refractivity contribution in [2.75, 3.05) is 5.32 Å². The number of aromatic amines is 1. The van der Waals surface area contributed by atoms with Crippen LogP contribution in [0.2, 0.25) is 0 Å². The fraction of sp³-hybridized carbons (Fsp3) is 0.167. The number of aromatic nitrogens is 3. The molecule has 126 valence electrons. The lowest BCUT2D eigenvalue weighted by atomic mass is 10.1. The zero-order valence-corrected chi connectivity index (χ0v) is 15.2. The van der Waals surface area contributed by atoms with Gasteiger partial charge in [0, 0.05) is 26.3 Å². The molecule has 2 aromatic carbocycles. The van der Waals surface area contributed by atoms with Gasteiger partial charge in [-0.2, -0.15) is 5.10 Å². The monoisotopic (exact) mass is 448 g/mol. The number of halogens is 2. The molecule has 2 N–H and O–H groups in total. The lowest BCUT2D eigenvalue weighted by molar-refractivity contribution is 0.102. The fourth-order valence-corrected chi connectivity index (χ4v) is 2.82.